The summed E-state index contributed by atoms with van der Waals surface area (Å²) in [4.78, 5) is 32.6. The number of esters is 1. The summed E-state index contributed by atoms with van der Waals surface area (Å²) in [6, 6.07) is 18.1. The van der Waals surface area contributed by atoms with E-state index in [0.29, 0.717) is 63.7 Å². The average molecular weight is 675 g/mol. The first-order valence-electron chi connectivity index (χ1n) is 14.0. The highest BCUT2D eigenvalue weighted by Gasteiger charge is 2.34. The Kier molecular flexibility index (Phi) is 8.52. The number of hydrogen-bond donors (Lipinski definition) is 0. The summed E-state index contributed by atoms with van der Waals surface area (Å²) in [5.41, 5.74) is 3.83. The van der Waals surface area contributed by atoms with Crippen molar-refractivity contribution < 1.29 is 33.1 Å². The quantitative estimate of drug-likeness (QED) is 0.130. The Balaban J connectivity index is 1.16. The molecule has 0 aliphatic carbocycles. The number of carbonyl (C=O) groups excluding carboxylic acids is 2. The van der Waals surface area contributed by atoms with Crippen molar-refractivity contribution in [3.8, 4) is 22.8 Å². The third-order valence-corrected chi connectivity index (χ3v) is 7.64. The Morgan fingerprint density at radius 2 is 1.82 bits per heavy atom. The molecule has 2 aromatic heterocycles. The summed E-state index contributed by atoms with van der Waals surface area (Å²) < 4.78 is 25.2. The summed E-state index contributed by atoms with van der Waals surface area (Å²) in [7, 11) is 3.00. The fourth-order valence-corrected chi connectivity index (χ4v) is 5.44. The smallest absolute Gasteiger partial charge is 0.342 e. The molecule has 3 aromatic carbocycles. The van der Waals surface area contributed by atoms with Gasteiger partial charge in [-0.25, -0.2) is 4.79 Å². The summed E-state index contributed by atoms with van der Waals surface area (Å²) in [5, 5.41) is 12.9. The van der Waals surface area contributed by atoms with Crippen LogP contribution in [-0.4, -0.2) is 60.0 Å². The third-order valence-electron chi connectivity index (χ3n) is 7.15. The third kappa shape index (κ3) is 5.98. The van der Waals surface area contributed by atoms with Crippen LogP contribution in [0, 0.1) is 0 Å². The molecular weight excluding hydrogens is 646 g/mol. The second-order valence-electron chi connectivity index (χ2n) is 9.92. The number of ether oxygens (including phenoxy) is 3. The van der Waals surface area contributed by atoms with Gasteiger partial charge in [-0.2, -0.15) is 0 Å². The topological polar surface area (TPSA) is 131 Å². The predicted molar refractivity (Wildman–Crippen MR) is 169 cm³/mol. The number of halogens is 1. The molecule has 0 saturated heterocycles. The summed E-state index contributed by atoms with van der Waals surface area (Å²) in [6.45, 7) is 2.85. The van der Waals surface area contributed by atoms with Gasteiger partial charge >= 0.3 is 5.97 Å². The van der Waals surface area contributed by atoms with Gasteiger partial charge in [0.15, 0.2) is 5.71 Å². The number of aromatic nitrogens is 3. The molecule has 6 rings (SSSR count). The molecule has 3 heterocycles. The zero-order chi connectivity index (χ0) is 31.5. The molecule has 12 nitrogen and oxygen atoms in total. The lowest BCUT2D eigenvalue weighted by Gasteiger charge is -2.16. The number of furan rings is 1. The fraction of sp³-hybridized carbons (Fsp3) is 0.219. The zero-order valence-corrected chi connectivity index (χ0v) is 26.2. The number of hydrogen-bond acceptors (Lipinski definition) is 10. The number of rotatable bonds is 11. The van der Waals surface area contributed by atoms with Crippen LogP contribution in [0.2, 0.25) is 0 Å². The number of benzene rings is 3. The molecule has 45 heavy (non-hydrogen) atoms. The van der Waals surface area contributed by atoms with Gasteiger partial charge in [-0.3, -0.25) is 9.48 Å². The fourth-order valence-electron chi connectivity index (χ4n) is 5.08. The summed E-state index contributed by atoms with van der Waals surface area (Å²) in [6.07, 6.45) is 1.76. The lowest BCUT2D eigenvalue weighted by molar-refractivity contribution is -0.112. The maximum atomic E-state index is 13.0. The molecule has 5 aromatic rings. The minimum Gasteiger partial charge on any atom is -0.497 e. The molecule has 230 valence electrons. The number of methoxy groups -OCH3 is 1. The first-order valence-corrected chi connectivity index (χ1v) is 14.8. The van der Waals surface area contributed by atoms with Crippen molar-refractivity contribution >= 4 is 50.2 Å². The monoisotopic (exact) mass is 673 g/mol. The van der Waals surface area contributed by atoms with E-state index >= 15 is 0 Å². The standard InChI is InChI=1S/C32H28BrN5O7/c1-4-43-32(40)28-25-16-23(10-12-27(25)45-30(28)19-5-8-22(41-2)9-6-19)44-18-21-17-37(36-34-21)13-14-38-26-11-7-20(33)15-24(26)29(31(38)39)35-42-3/h5-12,15-17H,4,13-14,18H2,1-3H3/b35-29+. The molecule has 13 heteroatoms. The zero-order valence-electron chi connectivity index (χ0n) is 24.7. The van der Waals surface area contributed by atoms with E-state index in [-0.39, 0.29) is 24.8 Å². The number of oxime groups is 1. The molecule has 0 fully saturated rings. The molecule has 0 spiro atoms. The second kappa shape index (κ2) is 12.8. The molecule has 0 saturated carbocycles. The maximum absolute atomic E-state index is 13.0. The Morgan fingerprint density at radius 1 is 1.02 bits per heavy atom. The largest absolute Gasteiger partial charge is 0.497 e. The van der Waals surface area contributed by atoms with E-state index in [0.717, 1.165) is 10.2 Å². The molecule has 1 aliphatic heterocycles. The van der Waals surface area contributed by atoms with E-state index in [4.69, 9.17) is 23.5 Å². The lowest BCUT2D eigenvalue weighted by Crippen LogP contribution is -2.33. The van der Waals surface area contributed by atoms with Crippen molar-refractivity contribution in [2.45, 2.75) is 20.1 Å². The van der Waals surface area contributed by atoms with E-state index in [2.05, 4.69) is 31.4 Å². The van der Waals surface area contributed by atoms with Crippen LogP contribution in [0.1, 0.15) is 28.5 Å². The van der Waals surface area contributed by atoms with Gasteiger partial charge in [0.05, 0.1) is 32.1 Å². The SMILES string of the molecule is CCOC(=O)c1c(-c2ccc(OC)cc2)oc2ccc(OCc3cn(CCN4C(=O)/C(=N/OC)c5cc(Br)ccc54)nn3)cc12. The van der Waals surface area contributed by atoms with Crippen LogP contribution in [-0.2, 0) is 27.5 Å². The number of carbonyl (C=O) groups is 2. The maximum Gasteiger partial charge on any atom is 0.342 e. The number of nitrogens with zero attached hydrogens (tertiary/aromatic N) is 5. The van der Waals surface area contributed by atoms with Crippen molar-refractivity contribution in [2.24, 2.45) is 5.16 Å². The van der Waals surface area contributed by atoms with Crippen molar-refractivity contribution in [3.05, 3.63) is 88.2 Å². The van der Waals surface area contributed by atoms with Gasteiger partial charge < -0.3 is 28.4 Å². The van der Waals surface area contributed by atoms with Gasteiger partial charge in [0.25, 0.3) is 5.91 Å². The number of fused-ring (bicyclic) bond motifs is 2. The number of amides is 1. The lowest BCUT2D eigenvalue weighted by atomic mass is 10.1. The van der Waals surface area contributed by atoms with E-state index in [9.17, 15) is 9.59 Å². The van der Waals surface area contributed by atoms with Crippen LogP contribution in [0.25, 0.3) is 22.3 Å². The molecular formula is C32H28BrN5O7. The van der Waals surface area contributed by atoms with Crippen molar-refractivity contribution in [3.63, 3.8) is 0 Å². The minimum absolute atomic E-state index is 0.133. The van der Waals surface area contributed by atoms with Gasteiger partial charge in [0.1, 0.15) is 47.8 Å². The van der Waals surface area contributed by atoms with E-state index in [1.54, 1.807) is 60.1 Å². The van der Waals surface area contributed by atoms with Crippen LogP contribution in [0.5, 0.6) is 11.5 Å². The Morgan fingerprint density at radius 3 is 2.58 bits per heavy atom. The van der Waals surface area contributed by atoms with Crippen molar-refractivity contribution in [1.82, 2.24) is 15.0 Å². The molecule has 0 atom stereocenters. The van der Waals surface area contributed by atoms with Crippen LogP contribution in [0.15, 0.2) is 80.9 Å². The highest BCUT2D eigenvalue weighted by Crippen LogP contribution is 2.37. The first kappa shape index (κ1) is 29.9. The van der Waals surface area contributed by atoms with Gasteiger partial charge in [-0.1, -0.05) is 26.3 Å². The Labute approximate surface area is 266 Å². The van der Waals surface area contributed by atoms with E-state index in [1.807, 2.05) is 30.3 Å². The molecule has 0 N–H and O–H groups in total. The molecule has 1 amide bonds. The first-order chi connectivity index (χ1) is 21.9. The second-order valence-corrected chi connectivity index (χ2v) is 10.8. The van der Waals surface area contributed by atoms with Gasteiger partial charge in [-0.15, -0.1) is 5.10 Å². The average Bonchev–Trinajstić information content (AvgIpc) is 3.73. The normalized spacial score (nSPS) is 13.4. The highest BCUT2D eigenvalue weighted by molar-refractivity contribution is 9.10. The molecule has 0 radical (unpaired) electrons. The van der Waals surface area contributed by atoms with Crippen LogP contribution < -0.4 is 14.4 Å². The molecule has 0 unspecified atom stereocenters. The summed E-state index contributed by atoms with van der Waals surface area (Å²) in [5.74, 6) is 0.864. The van der Waals surface area contributed by atoms with E-state index < -0.39 is 5.97 Å². The van der Waals surface area contributed by atoms with Gasteiger partial charge in [-0.05, 0) is 67.6 Å². The van der Waals surface area contributed by atoms with Gasteiger partial charge in [0.2, 0.25) is 0 Å². The van der Waals surface area contributed by atoms with Crippen LogP contribution >= 0.6 is 15.9 Å². The Bertz CT molecular complexity index is 1920. The summed E-state index contributed by atoms with van der Waals surface area (Å²) >= 11 is 3.45. The van der Waals surface area contributed by atoms with E-state index in [1.165, 1.54) is 7.11 Å². The van der Waals surface area contributed by atoms with Crippen LogP contribution in [0.4, 0.5) is 5.69 Å². The highest BCUT2D eigenvalue weighted by atomic mass is 79.9. The van der Waals surface area contributed by atoms with Gasteiger partial charge in [0, 0.05) is 27.5 Å². The minimum atomic E-state index is -0.491. The molecule has 0 bridgehead atoms. The van der Waals surface area contributed by atoms with Crippen molar-refractivity contribution in [1.29, 1.82) is 0 Å². The predicted octanol–water partition coefficient (Wildman–Crippen LogP) is 5.62. The Hall–Kier alpha value is -5.17. The number of anilines is 1. The molecule has 1 aliphatic rings. The van der Waals surface area contributed by atoms with Crippen LogP contribution in [0.3, 0.4) is 0 Å². The van der Waals surface area contributed by atoms with Crippen molar-refractivity contribution in [2.75, 3.05) is 32.3 Å².